The Morgan fingerprint density at radius 1 is 1.28 bits per heavy atom. The lowest BCUT2D eigenvalue weighted by molar-refractivity contribution is 0.311. The van der Waals surface area contributed by atoms with Gasteiger partial charge in [-0.2, -0.15) is 0 Å². The molecular formula is C13H27N5. The predicted octanol–water partition coefficient (Wildman–Crippen LogP) is 0.822. The lowest BCUT2D eigenvalue weighted by Gasteiger charge is -2.23. The summed E-state index contributed by atoms with van der Waals surface area (Å²) in [7, 11) is 0. The van der Waals surface area contributed by atoms with Gasteiger partial charge in [-0.25, -0.2) is 10.8 Å². The quantitative estimate of drug-likeness (QED) is 0.300. The summed E-state index contributed by atoms with van der Waals surface area (Å²) in [6.45, 7) is 5.74. The minimum atomic E-state index is 0.388. The molecule has 1 heterocycles. The molecule has 1 aliphatic heterocycles. The zero-order valence-corrected chi connectivity index (χ0v) is 11.5. The van der Waals surface area contributed by atoms with E-state index >= 15 is 0 Å². The molecule has 4 N–H and O–H groups in total. The van der Waals surface area contributed by atoms with E-state index in [1.807, 2.05) is 0 Å². The van der Waals surface area contributed by atoms with E-state index in [2.05, 4.69) is 27.6 Å². The number of guanidine groups is 1. The Bertz CT molecular complexity index is 267. The molecule has 0 spiro atoms. The number of aliphatic imine (C=N–C) groups is 1. The van der Waals surface area contributed by atoms with Crippen LogP contribution >= 0.6 is 0 Å². The van der Waals surface area contributed by atoms with E-state index in [9.17, 15) is 0 Å². The van der Waals surface area contributed by atoms with Crippen LogP contribution in [-0.2, 0) is 0 Å². The summed E-state index contributed by atoms with van der Waals surface area (Å²) in [5, 5.41) is 3.39. The van der Waals surface area contributed by atoms with E-state index in [-0.39, 0.29) is 0 Å². The molecule has 5 heteroatoms. The van der Waals surface area contributed by atoms with E-state index in [0.717, 1.165) is 12.5 Å². The Morgan fingerprint density at radius 3 is 2.56 bits per heavy atom. The molecule has 2 fully saturated rings. The van der Waals surface area contributed by atoms with Crippen molar-refractivity contribution in [3.05, 3.63) is 0 Å². The van der Waals surface area contributed by atoms with Crippen molar-refractivity contribution in [2.75, 3.05) is 19.6 Å². The van der Waals surface area contributed by atoms with Gasteiger partial charge in [-0.1, -0.05) is 12.8 Å². The molecule has 0 bridgehead atoms. The maximum Gasteiger partial charge on any atom is 0.206 e. The number of hydrazine groups is 1. The number of nitrogens with zero attached hydrogens (tertiary/aromatic N) is 2. The lowest BCUT2D eigenvalue weighted by atomic mass is 10.3. The second-order valence-electron chi connectivity index (χ2n) is 5.61. The smallest absolute Gasteiger partial charge is 0.206 e. The third-order valence-corrected chi connectivity index (χ3v) is 3.89. The van der Waals surface area contributed by atoms with Gasteiger partial charge in [0.25, 0.3) is 0 Å². The molecule has 0 aromatic heterocycles. The van der Waals surface area contributed by atoms with Gasteiger partial charge >= 0.3 is 0 Å². The first-order valence-electron chi connectivity index (χ1n) is 7.31. The van der Waals surface area contributed by atoms with Crippen molar-refractivity contribution in [2.45, 2.75) is 57.5 Å². The average Bonchev–Trinajstić information content (AvgIpc) is 3.01. The van der Waals surface area contributed by atoms with E-state index in [4.69, 9.17) is 5.84 Å². The SMILES string of the molecule is CC(CN1CCCC1)NC(=NC1CCCC1)NN. The number of likely N-dealkylation sites (tertiary alicyclic amines) is 1. The summed E-state index contributed by atoms with van der Waals surface area (Å²) in [5.74, 6) is 6.31. The van der Waals surface area contributed by atoms with Crippen LogP contribution in [-0.4, -0.2) is 42.6 Å². The summed E-state index contributed by atoms with van der Waals surface area (Å²) >= 11 is 0. The van der Waals surface area contributed by atoms with E-state index < -0.39 is 0 Å². The number of rotatable bonds is 4. The van der Waals surface area contributed by atoms with Crippen molar-refractivity contribution in [3.8, 4) is 0 Å². The fourth-order valence-corrected chi connectivity index (χ4v) is 2.96. The fourth-order valence-electron chi connectivity index (χ4n) is 2.96. The summed E-state index contributed by atoms with van der Waals surface area (Å²) in [6.07, 6.45) is 7.68. The topological polar surface area (TPSA) is 65.7 Å². The van der Waals surface area contributed by atoms with Crippen LogP contribution < -0.4 is 16.6 Å². The fraction of sp³-hybridized carbons (Fsp3) is 0.923. The zero-order valence-electron chi connectivity index (χ0n) is 11.5. The van der Waals surface area contributed by atoms with Gasteiger partial charge in [-0.15, -0.1) is 0 Å². The first kappa shape index (κ1) is 13.6. The van der Waals surface area contributed by atoms with Gasteiger partial charge < -0.3 is 10.2 Å². The monoisotopic (exact) mass is 253 g/mol. The van der Waals surface area contributed by atoms with Crippen LogP contribution in [0.4, 0.5) is 0 Å². The van der Waals surface area contributed by atoms with Crippen LogP contribution in [0.15, 0.2) is 4.99 Å². The van der Waals surface area contributed by atoms with Gasteiger partial charge in [0.05, 0.1) is 6.04 Å². The summed E-state index contributed by atoms with van der Waals surface area (Å²) in [6, 6.07) is 0.849. The highest BCUT2D eigenvalue weighted by Gasteiger charge is 2.17. The Balaban J connectivity index is 1.77. The van der Waals surface area contributed by atoms with Gasteiger partial charge in [0.1, 0.15) is 0 Å². The summed E-state index contributed by atoms with van der Waals surface area (Å²) in [5.41, 5.74) is 2.71. The maximum absolute atomic E-state index is 5.55. The maximum atomic E-state index is 5.55. The van der Waals surface area contributed by atoms with Gasteiger partial charge in [-0.05, 0) is 45.7 Å². The molecule has 2 rings (SSSR count). The number of hydrogen-bond donors (Lipinski definition) is 3. The zero-order chi connectivity index (χ0) is 12.8. The Labute approximate surface area is 110 Å². The second-order valence-corrected chi connectivity index (χ2v) is 5.61. The standard InChI is InChI=1S/C13H27N5/c1-11(10-18-8-4-5-9-18)15-13(17-14)16-12-6-2-3-7-12/h11-12H,2-10,14H2,1H3,(H2,15,16,17). The van der Waals surface area contributed by atoms with Crippen LogP contribution in [0.2, 0.25) is 0 Å². The number of nitrogens with two attached hydrogens (primary N) is 1. The molecule has 5 nitrogen and oxygen atoms in total. The van der Waals surface area contributed by atoms with Crippen LogP contribution in [0, 0.1) is 0 Å². The molecule has 0 amide bonds. The molecule has 0 radical (unpaired) electrons. The Kier molecular flexibility index (Phi) is 5.26. The van der Waals surface area contributed by atoms with E-state index in [1.165, 1.54) is 51.6 Å². The minimum absolute atomic E-state index is 0.388. The van der Waals surface area contributed by atoms with Crippen LogP contribution in [0.3, 0.4) is 0 Å². The number of hydrogen-bond acceptors (Lipinski definition) is 3. The number of nitrogens with one attached hydrogen (secondary N) is 2. The van der Waals surface area contributed by atoms with E-state index in [1.54, 1.807) is 0 Å². The Hall–Kier alpha value is -0.810. The molecule has 1 saturated carbocycles. The van der Waals surface area contributed by atoms with Crippen molar-refractivity contribution in [1.82, 2.24) is 15.6 Å². The normalized spacial score (nSPS) is 24.4. The molecule has 2 aliphatic rings. The van der Waals surface area contributed by atoms with Crippen molar-refractivity contribution in [2.24, 2.45) is 10.8 Å². The first-order chi connectivity index (χ1) is 8.78. The molecule has 1 saturated heterocycles. The van der Waals surface area contributed by atoms with Crippen LogP contribution in [0.25, 0.3) is 0 Å². The van der Waals surface area contributed by atoms with E-state index in [0.29, 0.717) is 12.1 Å². The van der Waals surface area contributed by atoms with Crippen molar-refractivity contribution in [3.63, 3.8) is 0 Å². The van der Waals surface area contributed by atoms with Gasteiger partial charge in [-0.3, -0.25) is 5.43 Å². The van der Waals surface area contributed by atoms with Crippen molar-refractivity contribution >= 4 is 5.96 Å². The highest BCUT2D eigenvalue weighted by Crippen LogP contribution is 2.20. The Morgan fingerprint density at radius 2 is 1.94 bits per heavy atom. The largest absolute Gasteiger partial charge is 0.352 e. The third kappa shape index (κ3) is 4.14. The van der Waals surface area contributed by atoms with Gasteiger partial charge in [0, 0.05) is 12.6 Å². The van der Waals surface area contributed by atoms with Crippen molar-refractivity contribution < 1.29 is 0 Å². The highest BCUT2D eigenvalue weighted by molar-refractivity contribution is 5.79. The third-order valence-electron chi connectivity index (χ3n) is 3.89. The summed E-state index contributed by atoms with van der Waals surface area (Å²) < 4.78 is 0. The molecule has 18 heavy (non-hydrogen) atoms. The first-order valence-corrected chi connectivity index (χ1v) is 7.31. The van der Waals surface area contributed by atoms with Crippen molar-refractivity contribution in [1.29, 1.82) is 0 Å². The predicted molar refractivity (Wildman–Crippen MR) is 75.3 cm³/mol. The highest BCUT2D eigenvalue weighted by atomic mass is 15.3. The molecule has 1 atom stereocenters. The van der Waals surface area contributed by atoms with Crippen LogP contribution in [0.5, 0.6) is 0 Å². The molecule has 1 aliphatic carbocycles. The minimum Gasteiger partial charge on any atom is -0.352 e. The van der Waals surface area contributed by atoms with Gasteiger partial charge in [0.2, 0.25) is 5.96 Å². The molecule has 0 aromatic rings. The second kappa shape index (κ2) is 6.95. The average molecular weight is 253 g/mol. The summed E-state index contributed by atoms with van der Waals surface area (Å²) in [4.78, 5) is 7.16. The molecule has 104 valence electrons. The molecular weight excluding hydrogens is 226 g/mol. The van der Waals surface area contributed by atoms with Gasteiger partial charge in [0.15, 0.2) is 0 Å². The molecule has 0 aromatic carbocycles. The molecule has 1 unspecified atom stereocenters. The lowest BCUT2D eigenvalue weighted by Crippen LogP contribution is -2.49. The van der Waals surface area contributed by atoms with Crippen LogP contribution in [0.1, 0.15) is 45.4 Å².